The minimum Gasteiger partial charge on any atom is -0.461 e. The Morgan fingerprint density at radius 3 is 1.21 bits per heavy atom. The molecular weight excluding hydrogens is 969 g/mol. The summed E-state index contributed by atoms with van der Waals surface area (Å²) in [6, 6.07) is 13.0. The lowest BCUT2D eigenvalue weighted by molar-refractivity contribution is -0.152. The van der Waals surface area contributed by atoms with Crippen molar-refractivity contribution in [3.05, 3.63) is 96.1 Å². The Kier molecular flexibility index (Phi) is 18.6. The number of hydrogen-bond donors (Lipinski definition) is 8. The molecule has 72 heavy (non-hydrogen) atoms. The summed E-state index contributed by atoms with van der Waals surface area (Å²) in [6.45, 7) is 7.66. The molecule has 0 unspecified atom stereocenters. The molecule has 2 bridgehead atoms. The minimum atomic E-state index is -1.58. The highest BCUT2D eigenvalue weighted by Gasteiger charge is 2.37. The van der Waals surface area contributed by atoms with E-state index in [9.17, 15) is 47.9 Å². The number of benzene rings is 4. The molecule has 0 radical (unpaired) electrons. The van der Waals surface area contributed by atoms with Crippen LogP contribution in [0.4, 0.5) is 0 Å². The summed E-state index contributed by atoms with van der Waals surface area (Å²) >= 11 is 0. The Bertz CT molecular complexity index is 2560. The van der Waals surface area contributed by atoms with Crippen LogP contribution in [0.1, 0.15) is 62.3 Å². The molecule has 0 aliphatic carbocycles. The largest absolute Gasteiger partial charge is 0.461 e. The number of amides is 8. The number of hydrogen-bond acceptors (Lipinski definition) is 14. The predicted molar refractivity (Wildman–Crippen MR) is 270 cm³/mol. The molecule has 0 aromatic heterocycles. The number of rotatable bonds is 6. The van der Waals surface area contributed by atoms with Crippen LogP contribution >= 0.6 is 21.6 Å². The Labute approximate surface area is 423 Å². The number of carbonyl (C=O) groups is 10. The zero-order chi connectivity index (χ0) is 52.2. The van der Waals surface area contributed by atoms with Crippen molar-refractivity contribution in [2.45, 2.75) is 89.9 Å². The van der Waals surface area contributed by atoms with Crippen LogP contribution in [-0.2, 0) is 47.8 Å². The predicted octanol–water partition coefficient (Wildman–Crippen LogP) is 1.65. The summed E-state index contributed by atoms with van der Waals surface area (Å²) in [6.07, 6.45) is 0. The highest BCUT2D eigenvalue weighted by atomic mass is 33.1. The van der Waals surface area contributed by atoms with Gasteiger partial charge in [0.15, 0.2) is 0 Å². The zero-order valence-electron chi connectivity index (χ0n) is 40.4. The molecule has 382 valence electrons. The number of carbonyl (C=O) groups excluding carboxylic acids is 10. The summed E-state index contributed by atoms with van der Waals surface area (Å²) in [4.78, 5) is 139. The van der Waals surface area contributed by atoms with Crippen LogP contribution in [0.5, 0.6) is 0 Å². The Morgan fingerprint density at radius 2 is 0.847 bits per heavy atom. The monoisotopic (exact) mass is 1030 g/mol. The van der Waals surface area contributed by atoms with Crippen LogP contribution in [0.25, 0.3) is 21.5 Å². The molecule has 22 heteroatoms. The van der Waals surface area contributed by atoms with Crippen LogP contribution < -0.4 is 42.5 Å². The van der Waals surface area contributed by atoms with Gasteiger partial charge < -0.3 is 52.0 Å². The van der Waals surface area contributed by atoms with Gasteiger partial charge in [-0.15, -0.1) is 0 Å². The Balaban J connectivity index is 1.31. The second kappa shape index (κ2) is 24.8. The Hall–Kier alpha value is -7.20. The fourth-order valence-electron chi connectivity index (χ4n) is 7.47. The van der Waals surface area contributed by atoms with Crippen LogP contribution in [0, 0.1) is 11.8 Å². The van der Waals surface area contributed by atoms with E-state index in [0.717, 1.165) is 43.1 Å². The Morgan fingerprint density at radius 1 is 0.486 bits per heavy atom. The van der Waals surface area contributed by atoms with Crippen molar-refractivity contribution in [1.82, 2.24) is 42.5 Å². The molecule has 2 saturated heterocycles. The van der Waals surface area contributed by atoms with Gasteiger partial charge in [0, 0.05) is 22.6 Å². The smallest absolute Gasteiger partial charge is 0.328 e. The van der Waals surface area contributed by atoms with Gasteiger partial charge in [0.25, 0.3) is 11.8 Å². The number of nitrogens with one attached hydrogen (secondary N) is 8. The molecule has 0 spiro atoms. The van der Waals surface area contributed by atoms with E-state index in [1.165, 1.54) is 13.8 Å². The van der Waals surface area contributed by atoms with Crippen LogP contribution in [0.15, 0.2) is 84.9 Å². The lowest BCUT2D eigenvalue weighted by Crippen LogP contribution is -2.60. The molecule has 20 nitrogen and oxygen atoms in total. The highest BCUT2D eigenvalue weighted by molar-refractivity contribution is 8.76. The fourth-order valence-corrected chi connectivity index (χ4v) is 9.80. The maximum atomic E-state index is 14.1. The lowest BCUT2D eigenvalue weighted by Gasteiger charge is -2.28. The van der Waals surface area contributed by atoms with Crippen molar-refractivity contribution in [3.63, 3.8) is 0 Å². The van der Waals surface area contributed by atoms with Gasteiger partial charge in [-0.1, -0.05) is 110 Å². The van der Waals surface area contributed by atoms with Gasteiger partial charge in [-0.05, 0) is 71.5 Å². The zero-order valence-corrected chi connectivity index (χ0v) is 42.0. The first-order valence-corrected chi connectivity index (χ1v) is 25.8. The number of cyclic esters (lactones) is 2. The van der Waals surface area contributed by atoms with Crippen molar-refractivity contribution < 1.29 is 57.4 Å². The summed E-state index contributed by atoms with van der Waals surface area (Å²) in [7, 11) is 2.05. The molecule has 2 fully saturated rings. The quantitative estimate of drug-likeness (QED) is 0.101. The fraction of sp³-hybridized carbons (Fsp3) is 0.400. The van der Waals surface area contributed by atoms with E-state index in [1.54, 1.807) is 88.4 Å². The molecule has 2 heterocycles. The van der Waals surface area contributed by atoms with Crippen LogP contribution in [-0.4, -0.2) is 132 Å². The molecule has 2 aliphatic rings. The topological polar surface area (TPSA) is 285 Å². The number of fused-ring (bicyclic) bond motifs is 7. The van der Waals surface area contributed by atoms with Gasteiger partial charge >= 0.3 is 11.9 Å². The van der Waals surface area contributed by atoms with Gasteiger partial charge in [-0.3, -0.25) is 38.4 Å². The summed E-state index contributed by atoms with van der Waals surface area (Å²) in [5.74, 6) is -10.2. The maximum absolute atomic E-state index is 14.1. The average molecular weight is 1030 g/mol. The molecule has 0 saturated carbocycles. The lowest BCUT2D eigenvalue weighted by atomic mass is 10.0. The second-order valence-electron chi connectivity index (χ2n) is 18.0. The first-order valence-electron chi connectivity index (χ1n) is 23.3. The number of ether oxygens (including phenoxy) is 2. The molecule has 4 aromatic rings. The summed E-state index contributed by atoms with van der Waals surface area (Å²) in [5.41, 5.74) is 0.351. The normalized spacial score (nSPS) is 24.8. The second-order valence-corrected chi connectivity index (χ2v) is 20.6. The van der Waals surface area contributed by atoms with Gasteiger partial charge in [-0.25, -0.2) is 9.59 Å². The summed E-state index contributed by atoms with van der Waals surface area (Å²) in [5, 5.41) is 23.8. The minimum absolute atomic E-state index is 0.175. The first kappa shape index (κ1) is 54.1. The van der Waals surface area contributed by atoms with Crippen LogP contribution in [0.3, 0.4) is 0 Å². The molecule has 8 atom stereocenters. The van der Waals surface area contributed by atoms with Crippen molar-refractivity contribution >= 4 is 102 Å². The molecule has 4 aromatic carbocycles. The third-order valence-electron chi connectivity index (χ3n) is 11.8. The molecule has 2 aliphatic heterocycles. The van der Waals surface area contributed by atoms with E-state index in [1.807, 2.05) is 24.3 Å². The average Bonchev–Trinajstić information content (AvgIpc) is 3.35. The van der Waals surface area contributed by atoms with Gasteiger partial charge in [0.2, 0.25) is 35.4 Å². The molecule has 8 amide bonds. The van der Waals surface area contributed by atoms with Crippen molar-refractivity contribution in [3.8, 4) is 0 Å². The standard InChI is InChI=1S/C50H58N8O12S2/c1-25(2)39-49(67)69-21-35(53-43(61)33-17-15-29-11-7-9-13-31(29)19-33)45(63)51-28(6)42(60)56-38-24-72-71-23-37(47(65)57-39)55-41(59)27(5)52-46(64)36(22-70-50(68)40(26(3)4)58-48(38)66)54-44(62)34-18-16-30-12-8-10-14-32(30)20-34/h7-20,25-28,35-40H,21-24H2,1-6H3,(H,51,63)(H,52,64)(H,53,61)(H,54,62)(H,55,59)(H,56,60)(H,57,65)(H,58,66)/t27-,28-,35+,36+,37-,38-,39-,40-/m0/s1. The highest BCUT2D eigenvalue weighted by Crippen LogP contribution is 2.24. The van der Waals surface area contributed by atoms with E-state index >= 15 is 0 Å². The van der Waals surface area contributed by atoms with Crippen molar-refractivity contribution in [2.75, 3.05) is 24.7 Å². The van der Waals surface area contributed by atoms with Gasteiger partial charge in [0.1, 0.15) is 61.5 Å². The van der Waals surface area contributed by atoms with E-state index in [-0.39, 0.29) is 22.6 Å². The van der Waals surface area contributed by atoms with E-state index in [2.05, 4.69) is 42.5 Å². The first-order chi connectivity index (χ1) is 34.3. The van der Waals surface area contributed by atoms with Crippen molar-refractivity contribution in [2.24, 2.45) is 11.8 Å². The van der Waals surface area contributed by atoms with E-state index in [0.29, 0.717) is 0 Å². The van der Waals surface area contributed by atoms with Crippen LogP contribution in [0.2, 0.25) is 0 Å². The molecule has 8 N–H and O–H groups in total. The van der Waals surface area contributed by atoms with Gasteiger partial charge in [-0.2, -0.15) is 0 Å². The molecule has 6 rings (SSSR count). The number of esters is 2. The third kappa shape index (κ3) is 14.2. The van der Waals surface area contributed by atoms with Crippen molar-refractivity contribution in [1.29, 1.82) is 0 Å². The van der Waals surface area contributed by atoms with E-state index in [4.69, 9.17) is 9.47 Å². The molecular formula is C50H58N8O12S2. The SMILES string of the molecule is CC(C)[C@@H]1NC(=O)[C@@H]2CSSC[C@H](NC(=O)[C@H](C)NC(=O)[C@H](NC(=O)c3ccc4ccccc4c3)COC1=O)C(=O)N[C@@H](C(C)C)C(=O)OC[C@@H](NC(=O)c1ccc3ccccc3c1)C(=O)N[C@@H](C)C(=O)N2. The van der Waals surface area contributed by atoms with Gasteiger partial charge in [0.05, 0.1) is 0 Å². The summed E-state index contributed by atoms with van der Waals surface area (Å²) < 4.78 is 11.2. The maximum Gasteiger partial charge on any atom is 0.328 e. The van der Waals surface area contributed by atoms with E-state index < -0.39 is 133 Å². The third-order valence-corrected chi connectivity index (χ3v) is 14.2.